The van der Waals surface area contributed by atoms with Crippen LogP contribution in [-0.2, 0) is 39.2 Å². The predicted octanol–water partition coefficient (Wildman–Crippen LogP) is 4.84. The molecule has 8 heteroatoms. The second-order valence-electron chi connectivity index (χ2n) is 10.0. The summed E-state index contributed by atoms with van der Waals surface area (Å²) in [6, 6.07) is 34.5. The number of amides is 2. The summed E-state index contributed by atoms with van der Waals surface area (Å²) < 4.78 is 26.7. The highest BCUT2D eigenvalue weighted by molar-refractivity contribution is 7.88. The lowest BCUT2D eigenvalue weighted by Crippen LogP contribution is -2.47. The number of nitrogens with one attached hydrogen (secondary N) is 1. The van der Waals surface area contributed by atoms with E-state index in [1.807, 2.05) is 110 Å². The van der Waals surface area contributed by atoms with Crippen molar-refractivity contribution in [1.29, 1.82) is 0 Å². The van der Waals surface area contributed by atoms with Crippen LogP contribution < -0.4 is 5.32 Å². The van der Waals surface area contributed by atoms with Gasteiger partial charge in [0.05, 0.1) is 12.8 Å². The highest BCUT2D eigenvalue weighted by Crippen LogP contribution is 2.25. The summed E-state index contributed by atoms with van der Waals surface area (Å²) in [7, 11) is -3.74. The molecule has 41 heavy (non-hydrogen) atoms. The van der Waals surface area contributed by atoms with Crippen molar-refractivity contribution in [2.45, 2.75) is 32.6 Å². The summed E-state index contributed by atoms with van der Waals surface area (Å²) in [6.45, 7) is 2.05. The van der Waals surface area contributed by atoms with Gasteiger partial charge >= 0.3 is 0 Å². The average molecular weight is 570 g/mol. The molecule has 0 aliphatic heterocycles. The monoisotopic (exact) mass is 569 g/mol. The predicted molar refractivity (Wildman–Crippen MR) is 161 cm³/mol. The second kappa shape index (κ2) is 13.9. The van der Waals surface area contributed by atoms with Crippen LogP contribution in [0.2, 0.25) is 0 Å². The molecule has 212 valence electrons. The maximum atomic E-state index is 14.1. The van der Waals surface area contributed by atoms with Crippen molar-refractivity contribution in [3.05, 3.63) is 143 Å². The average Bonchev–Trinajstić information content (AvgIpc) is 2.97. The Bertz CT molecular complexity index is 1530. The number of rotatable bonds is 12. The van der Waals surface area contributed by atoms with E-state index in [2.05, 4.69) is 5.32 Å². The van der Waals surface area contributed by atoms with Crippen LogP contribution in [0.1, 0.15) is 33.9 Å². The minimum absolute atomic E-state index is 0.0419. The molecule has 0 spiro atoms. The molecule has 1 N–H and O–H groups in total. The van der Waals surface area contributed by atoms with Crippen molar-refractivity contribution in [2.24, 2.45) is 0 Å². The van der Waals surface area contributed by atoms with Gasteiger partial charge in [0.15, 0.2) is 0 Å². The van der Waals surface area contributed by atoms with Gasteiger partial charge in [0.2, 0.25) is 21.8 Å². The maximum absolute atomic E-state index is 14.1. The van der Waals surface area contributed by atoms with Gasteiger partial charge in [-0.2, -0.15) is 4.31 Å². The quantitative estimate of drug-likeness (QED) is 0.265. The number of carbonyl (C=O) groups is 2. The van der Waals surface area contributed by atoms with Gasteiger partial charge in [0, 0.05) is 19.6 Å². The molecule has 1 atom stereocenters. The molecule has 0 heterocycles. The van der Waals surface area contributed by atoms with E-state index in [0.717, 1.165) is 32.8 Å². The molecule has 2 amide bonds. The standard InChI is InChI=1S/C33H35N3O4S/c1-26-18-20-27(21-19-26)22-34-33(38)32(30-16-10-5-11-17-30)36(24-29-14-8-4-9-15-29)31(37)25-35(41(2,39)40)23-28-12-6-3-7-13-28/h3-21,32H,22-25H2,1-2H3,(H,34,38). The highest BCUT2D eigenvalue weighted by Gasteiger charge is 2.33. The Balaban J connectivity index is 1.67. The van der Waals surface area contributed by atoms with Crippen LogP contribution in [0.5, 0.6) is 0 Å². The number of sulfonamides is 1. The summed E-state index contributed by atoms with van der Waals surface area (Å²) in [5.74, 6) is -0.829. The Labute approximate surface area is 242 Å². The fourth-order valence-electron chi connectivity index (χ4n) is 4.52. The van der Waals surface area contributed by atoms with Gasteiger partial charge in [-0.3, -0.25) is 9.59 Å². The van der Waals surface area contributed by atoms with Crippen LogP contribution in [0.3, 0.4) is 0 Å². The molecule has 0 saturated heterocycles. The van der Waals surface area contributed by atoms with Crippen LogP contribution in [0.25, 0.3) is 0 Å². The van der Waals surface area contributed by atoms with Crippen LogP contribution in [0.15, 0.2) is 115 Å². The zero-order chi connectivity index (χ0) is 29.2. The number of carbonyl (C=O) groups excluding carboxylic acids is 2. The summed E-state index contributed by atoms with van der Waals surface area (Å²) in [4.78, 5) is 29.4. The molecule has 0 bridgehead atoms. The first kappa shape index (κ1) is 29.7. The van der Waals surface area contributed by atoms with Crippen molar-refractivity contribution in [3.8, 4) is 0 Å². The SMILES string of the molecule is Cc1ccc(CNC(=O)C(c2ccccc2)N(Cc2ccccc2)C(=O)CN(Cc2ccccc2)S(C)(=O)=O)cc1. The van der Waals surface area contributed by atoms with Gasteiger partial charge in [0.1, 0.15) is 6.04 Å². The first-order chi connectivity index (χ1) is 19.7. The largest absolute Gasteiger partial charge is 0.350 e. The molecular weight excluding hydrogens is 534 g/mol. The minimum atomic E-state index is -3.74. The molecule has 0 aliphatic rings. The Hall–Kier alpha value is -4.27. The lowest BCUT2D eigenvalue weighted by atomic mass is 10.0. The number of hydrogen-bond donors (Lipinski definition) is 1. The molecule has 0 aromatic heterocycles. The Morgan fingerprint density at radius 1 is 0.707 bits per heavy atom. The van der Waals surface area contributed by atoms with Crippen LogP contribution in [-0.4, -0.2) is 42.2 Å². The molecule has 4 aromatic carbocycles. The zero-order valence-corrected chi connectivity index (χ0v) is 24.1. The third kappa shape index (κ3) is 8.61. The van der Waals surface area contributed by atoms with Crippen molar-refractivity contribution in [1.82, 2.24) is 14.5 Å². The maximum Gasteiger partial charge on any atom is 0.247 e. The van der Waals surface area contributed by atoms with E-state index in [9.17, 15) is 18.0 Å². The van der Waals surface area contributed by atoms with Gasteiger partial charge in [-0.25, -0.2) is 8.42 Å². The molecule has 1 unspecified atom stereocenters. The van der Waals surface area contributed by atoms with Gasteiger partial charge < -0.3 is 10.2 Å². The van der Waals surface area contributed by atoms with E-state index in [1.165, 1.54) is 4.90 Å². The van der Waals surface area contributed by atoms with E-state index in [0.29, 0.717) is 12.1 Å². The zero-order valence-electron chi connectivity index (χ0n) is 23.3. The number of hydrogen-bond acceptors (Lipinski definition) is 4. The van der Waals surface area contributed by atoms with Crippen molar-refractivity contribution in [2.75, 3.05) is 12.8 Å². The second-order valence-corrected chi connectivity index (χ2v) is 12.0. The molecule has 0 saturated carbocycles. The first-order valence-electron chi connectivity index (χ1n) is 13.4. The van der Waals surface area contributed by atoms with Gasteiger partial charge in [-0.05, 0) is 29.2 Å². The van der Waals surface area contributed by atoms with E-state index in [1.54, 1.807) is 12.1 Å². The van der Waals surface area contributed by atoms with E-state index in [-0.39, 0.29) is 19.0 Å². The molecule has 7 nitrogen and oxygen atoms in total. The van der Waals surface area contributed by atoms with E-state index < -0.39 is 28.5 Å². The van der Waals surface area contributed by atoms with Crippen molar-refractivity contribution >= 4 is 21.8 Å². The highest BCUT2D eigenvalue weighted by atomic mass is 32.2. The van der Waals surface area contributed by atoms with Crippen LogP contribution in [0.4, 0.5) is 0 Å². The van der Waals surface area contributed by atoms with Crippen LogP contribution >= 0.6 is 0 Å². The molecule has 4 aromatic rings. The third-order valence-electron chi connectivity index (χ3n) is 6.76. The fourth-order valence-corrected chi connectivity index (χ4v) is 5.25. The van der Waals surface area contributed by atoms with Crippen molar-refractivity contribution in [3.63, 3.8) is 0 Å². The number of nitrogens with zero attached hydrogens (tertiary/aromatic N) is 2. The van der Waals surface area contributed by atoms with Gasteiger partial charge in [-0.15, -0.1) is 0 Å². The smallest absolute Gasteiger partial charge is 0.247 e. The van der Waals surface area contributed by atoms with Crippen LogP contribution in [0, 0.1) is 6.92 Å². The molecule has 0 fully saturated rings. The first-order valence-corrected chi connectivity index (χ1v) is 15.3. The van der Waals surface area contributed by atoms with Crippen molar-refractivity contribution < 1.29 is 18.0 Å². The third-order valence-corrected chi connectivity index (χ3v) is 7.96. The lowest BCUT2D eigenvalue weighted by Gasteiger charge is -2.33. The summed E-state index contributed by atoms with van der Waals surface area (Å²) in [5.41, 5.74) is 4.26. The summed E-state index contributed by atoms with van der Waals surface area (Å²) >= 11 is 0. The van der Waals surface area contributed by atoms with E-state index in [4.69, 9.17) is 0 Å². The lowest BCUT2D eigenvalue weighted by molar-refractivity contribution is -0.141. The van der Waals surface area contributed by atoms with Gasteiger partial charge in [-0.1, -0.05) is 121 Å². The molecule has 0 aliphatic carbocycles. The topological polar surface area (TPSA) is 86.8 Å². The summed E-state index contributed by atoms with van der Waals surface area (Å²) in [5, 5.41) is 3.00. The molecular formula is C33H35N3O4S. The Morgan fingerprint density at radius 2 is 1.22 bits per heavy atom. The minimum Gasteiger partial charge on any atom is -0.350 e. The Kier molecular flexibility index (Phi) is 10.1. The van der Waals surface area contributed by atoms with Gasteiger partial charge in [0.25, 0.3) is 0 Å². The summed E-state index contributed by atoms with van der Waals surface area (Å²) in [6.07, 6.45) is 1.09. The van der Waals surface area contributed by atoms with E-state index >= 15 is 0 Å². The number of benzene rings is 4. The fraction of sp³-hybridized carbons (Fsp3) is 0.212. The molecule has 0 radical (unpaired) electrons. The number of aryl methyl sites for hydroxylation is 1. The Morgan fingerprint density at radius 3 is 1.76 bits per heavy atom. The molecule has 4 rings (SSSR count). The normalized spacial score (nSPS) is 12.1.